The topological polar surface area (TPSA) is 84.6 Å². The number of rotatable bonds is 4. The molecule has 0 unspecified atom stereocenters. The Morgan fingerprint density at radius 3 is 2.96 bits per heavy atom. The Hall–Kier alpha value is -2.32. The Morgan fingerprint density at radius 1 is 1.36 bits per heavy atom. The lowest BCUT2D eigenvalue weighted by Gasteiger charge is -2.14. The average molecular weight is 373 g/mol. The molecule has 0 spiro atoms. The van der Waals surface area contributed by atoms with Gasteiger partial charge in [0.2, 0.25) is 5.91 Å². The molecule has 0 radical (unpaired) electrons. The van der Waals surface area contributed by atoms with E-state index in [1.54, 1.807) is 30.8 Å². The highest BCUT2D eigenvalue weighted by atomic mass is 32.2. The van der Waals surface area contributed by atoms with Gasteiger partial charge in [-0.25, -0.2) is 4.99 Å². The van der Waals surface area contributed by atoms with E-state index in [4.69, 9.17) is 0 Å². The first kappa shape index (κ1) is 17.5. The summed E-state index contributed by atoms with van der Waals surface area (Å²) in [4.78, 5) is 27.2. The fourth-order valence-electron chi connectivity index (χ4n) is 2.29. The van der Waals surface area contributed by atoms with Crippen molar-refractivity contribution in [2.75, 3.05) is 11.1 Å². The second kappa shape index (κ2) is 7.71. The van der Waals surface area contributed by atoms with Crippen molar-refractivity contribution >= 4 is 50.9 Å². The van der Waals surface area contributed by atoms with E-state index in [1.807, 2.05) is 24.3 Å². The minimum Gasteiger partial charge on any atom is -0.325 e. The standard InChI is InChI=1S/C17H15N3O3S2/c1-11-6-7-13(8-15(11)20(22)23)18-16(21)10-25-17-19-14-5-3-2-4-12(14)9-24-17/h2-8H,9-10H2,1H3,(H,18,21). The van der Waals surface area contributed by atoms with Crippen molar-refractivity contribution in [3.63, 3.8) is 0 Å². The monoisotopic (exact) mass is 373 g/mol. The van der Waals surface area contributed by atoms with Crippen LogP contribution in [0.2, 0.25) is 0 Å². The van der Waals surface area contributed by atoms with Gasteiger partial charge in [0, 0.05) is 23.1 Å². The highest BCUT2D eigenvalue weighted by Gasteiger charge is 2.15. The van der Waals surface area contributed by atoms with E-state index in [9.17, 15) is 14.9 Å². The zero-order valence-corrected chi connectivity index (χ0v) is 15.0. The lowest BCUT2D eigenvalue weighted by Crippen LogP contribution is -2.15. The molecule has 3 rings (SSSR count). The molecule has 6 nitrogen and oxygen atoms in total. The minimum atomic E-state index is -0.454. The number of nitro benzene ring substituents is 1. The van der Waals surface area contributed by atoms with Gasteiger partial charge in [-0.1, -0.05) is 47.8 Å². The van der Waals surface area contributed by atoms with Crippen molar-refractivity contribution in [1.82, 2.24) is 0 Å². The van der Waals surface area contributed by atoms with E-state index >= 15 is 0 Å². The average Bonchev–Trinajstić information content (AvgIpc) is 2.61. The second-order valence-corrected chi connectivity index (χ2v) is 7.58. The number of aliphatic imine (C=N–C) groups is 1. The molecule has 1 aliphatic heterocycles. The third kappa shape index (κ3) is 4.40. The summed E-state index contributed by atoms with van der Waals surface area (Å²) in [6, 6.07) is 12.6. The van der Waals surface area contributed by atoms with Gasteiger partial charge in [-0.3, -0.25) is 14.9 Å². The van der Waals surface area contributed by atoms with Gasteiger partial charge < -0.3 is 5.32 Å². The molecule has 2 aromatic rings. The summed E-state index contributed by atoms with van der Waals surface area (Å²) >= 11 is 2.98. The van der Waals surface area contributed by atoms with Crippen LogP contribution < -0.4 is 5.32 Å². The number of nitrogens with one attached hydrogen (secondary N) is 1. The van der Waals surface area contributed by atoms with Crippen LogP contribution in [0.15, 0.2) is 47.5 Å². The van der Waals surface area contributed by atoms with Gasteiger partial charge in [0.15, 0.2) is 0 Å². The Bertz CT molecular complexity index is 868. The van der Waals surface area contributed by atoms with E-state index in [1.165, 1.54) is 23.4 Å². The minimum absolute atomic E-state index is 0.00530. The normalized spacial score (nSPS) is 12.9. The summed E-state index contributed by atoms with van der Waals surface area (Å²) < 4.78 is 0.851. The molecule has 1 amide bonds. The number of hydrogen-bond donors (Lipinski definition) is 1. The van der Waals surface area contributed by atoms with Gasteiger partial charge in [-0.05, 0) is 24.6 Å². The molecule has 0 saturated carbocycles. The summed E-state index contributed by atoms with van der Waals surface area (Å²) in [6.45, 7) is 1.66. The van der Waals surface area contributed by atoms with Crippen molar-refractivity contribution in [1.29, 1.82) is 0 Å². The number of anilines is 1. The molecule has 8 heteroatoms. The molecule has 0 aliphatic carbocycles. The molecule has 25 heavy (non-hydrogen) atoms. The number of hydrogen-bond acceptors (Lipinski definition) is 6. The number of fused-ring (bicyclic) bond motifs is 1. The smallest absolute Gasteiger partial charge is 0.274 e. The van der Waals surface area contributed by atoms with Crippen molar-refractivity contribution in [3.8, 4) is 0 Å². The van der Waals surface area contributed by atoms with E-state index in [2.05, 4.69) is 10.3 Å². The first-order chi connectivity index (χ1) is 12.0. The molecule has 0 atom stereocenters. The molecule has 128 valence electrons. The highest BCUT2D eigenvalue weighted by molar-refractivity contribution is 8.38. The Labute approximate surface area is 153 Å². The zero-order chi connectivity index (χ0) is 17.8. The number of amides is 1. The fraction of sp³-hybridized carbons (Fsp3) is 0.176. The quantitative estimate of drug-likeness (QED) is 0.629. The summed E-state index contributed by atoms with van der Waals surface area (Å²) in [5.41, 5.74) is 3.11. The third-order valence-electron chi connectivity index (χ3n) is 3.57. The summed E-state index contributed by atoms with van der Waals surface area (Å²) in [7, 11) is 0. The Kier molecular flexibility index (Phi) is 5.40. The fourth-order valence-corrected chi connectivity index (χ4v) is 4.16. The van der Waals surface area contributed by atoms with Crippen LogP contribution >= 0.6 is 23.5 Å². The maximum Gasteiger partial charge on any atom is 0.274 e. The number of nitrogens with zero attached hydrogens (tertiary/aromatic N) is 2. The maximum absolute atomic E-state index is 12.1. The van der Waals surface area contributed by atoms with Crippen molar-refractivity contribution in [3.05, 3.63) is 63.7 Å². The second-order valence-electron chi connectivity index (χ2n) is 5.39. The van der Waals surface area contributed by atoms with Gasteiger partial charge >= 0.3 is 0 Å². The summed E-state index contributed by atoms with van der Waals surface area (Å²) in [5, 5.41) is 13.7. The van der Waals surface area contributed by atoms with E-state index < -0.39 is 4.92 Å². The first-order valence-electron chi connectivity index (χ1n) is 7.50. The van der Waals surface area contributed by atoms with Crippen LogP contribution in [0.1, 0.15) is 11.1 Å². The van der Waals surface area contributed by atoms with Crippen LogP contribution in [-0.4, -0.2) is 21.0 Å². The van der Waals surface area contributed by atoms with Crippen LogP contribution in [-0.2, 0) is 10.5 Å². The van der Waals surface area contributed by atoms with Gasteiger partial charge in [0.05, 0.1) is 16.4 Å². The number of para-hydroxylation sites is 1. The number of thioether (sulfide) groups is 2. The van der Waals surface area contributed by atoms with E-state index in [0.29, 0.717) is 11.3 Å². The van der Waals surface area contributed by atoms with Gasteiger partial charge in [-0.2, -0.15) is 0 Å². The lowest BCUT2D eigenvalue weighted by atomic mass is 10.2. The SMILES string of the molecule is Cc1ccc(NC(=O)CSC2=Nc3ccccc3CS2)cc1[N+](=O)[O-]. The van der Waals surface area contributed by atoms with Crippen LogP contribution in [0.4, 0.5) is 17.1 Å². The number of carbonyl (C=O) groups is 1. The number of aryl methyl sites for hydroxylation is 1. The molecule has 1 N–H and O–H groups in total. The zero-order valence-electron chi connectivity index (χ0n) is 13.4. The highest BCUT2D eigenvalue weighted by Crippen LogP contribution is 2.34. The Morgan fingerprint density at radius 2 is 2.16 bits per heavy atom. The largest absolute Gasteiger partial charge is 0.325 e. The van der Waals surface area contributed by atoms with Crippen molar-refractivity contribution in [2.45, 2.75) is 12.7 Å². The summed E-state index contributed by atoms with van der Waals surface area (Å²) in [6.07, 6.45) is 0. The Balaban J connectivity index is 1.60. The molecule has 2 aromatic carbocycles. The number of carbonyl (C=O) groups excluding carboxylic acids is 1. The van der Waals surface area contributed by atoms with E-state index in [0.717, 1.165) is 15.8 Å². The van der Waals surface area contributed by atoms with Crippen LogP contribution in [0.5, 0.6) is 0 Å². The summed E-state index contributed by atoms with van der Waals surface area (Å²) in [5.74, 6) is 0.828. The van der Waals surface area contributed by atoms with Gasteiger partial charge in [0.25, 0.3) is 5.69 Å². The molecule has 0 bridgehead atoms. The van der Waals surface area contributed by atoms with Crippen molar-refractivity contribution in [2.24, 2.45) is 4.99 Å². The molecule has 0 aromatic heterocycles. The number of nitro groups is 1. The molecule has 1 heterocycles. The molecular formula is C17H15N3O3S2. The molecule has 1 aliphatic rings. The van der Waals surface area contributed by atoms with Gasteiger partial charge in [-0.15, -0.1) is 0 Å². The number of benzene rings is 2. The predicted octanol–water partition coefficient (Wildman–Crippen LogP) is 4.51. The third-order valence-corrected chi connectivity index (χ3v) is 5.82. The van der Waals surface area contributed by atoms with Gasteiger partial charge in [0.1, 0.15) is 4.38 Å². The molecular weight excluding hydrogens is 358 g/mol. The predicted molar refractivity (Wildman–Crippen MR) is 104 cm³/mol. The van der Waals surface area contributed by atoms with Crippen molar-refractivity contribution < 1.29 is 9.72 Å². The van der Waals surface area contributed by atoms with Crippen LogP contribution in [0.25, 0.3) is 0 Å². The lowest BCUT2D eigenvalue weighted by molar-refractivity contribution is -0.385. The van der Waals surface area contributed by atoms with Crippen LogP contribution in [0.3, 0.4) is 0 Å². The molecule has 0 fully saturated rings. The van der Waals surface area contributed by atoms with E-state index in [-0.39, 0.29) is 17.3 Å². The van der Waals surface area contributed by atoms with Crippen LogP contribution in [0, 0.1) is 17.0 Å². The maximum atomic E-state index is 12.1. The molecule has 0 saturated heterocycles. The first-order valence-corrected chi connectivity index (χ1v) is 9.47.